The van der Waals surface area contributed by atoms with Gasteiger partial charge in [-0.2, -0.15) is 5.10 Å². The first kappa shape index (κ1) is 19.1. The Balaban J connectivity index is 1.92. The highest BCUT2D eigenvalue weighted by molar-refractivity contribution is 5.67. The zero-order valence-electron chi connectivity index (χ0n) is 15.2. The second kappa shape index (κ2) is 7.92. The van der Waals surface area contributed by atoms with Crippen LogP contribution in [0.5, 0.6) is 17.2 Å². The molecule has 3 rings (SSSR count). The Morgan fingerprint density at radius 3 is 2.75 bits per heavy atom. The lowest BCUT2D eigenvalue weighted by Crippen LogP contribution is -2.14. The number of aromatic amines is 1. The molecule has 0 saturated carbocycles. The summed E-state index contributed by atoms with van der Waals surface area (Å²) in [6, 6.07) is 8.24. The number of nitrogens with one attached hydrogen (secondary N) is 1. The van der Waals surface area contributed by atoms with Crippen LogP contribution in [0, 0.1) is 10.1 Å². The Hall–Kier alpha value is -3.66. The molecule has 0 bridgehead atoms. The largest absolute Gasteiger partial charge is 0.507 e. The van der Waals surface area contributed by atoms with Crippen molar-refractivity contribution in [3.8, 4) is 28.6 Å². The van der Waals surface area contributed by atoms with E-state index in [4.69, 9.17) is 15.2 Å². The predicted octanol–water partition coefficient (Wildman–Crippen LogP) is 2.54. The number of nitro groups is 1. The summed E-state index contributed by atoms with van der Waals surface area (Å²) in [4.78, 5) is 14.7. The first-order chi connectivity index (χ1) is 13.4. The van der Waals surface area contributed by atoms with Gasteiger partial charge in [0.2, 0.25) is 0 Å². The molecule has 10 nitrogen and oxygen atoms in total. The van der Waals surface area contributed by atoms with Crippen LogP contribution >= 0.6 is 0 Å². The number of benzene rings is 2. The Morgan fingerprint density at radius 2 is 2.07 bits per heavy atom. The molecule has 1 heterocycles. The molecule has 1 aromatic heterocycles. The molecule has 0 unspecified atom stereocenters. The SMILES string of the molecule is CCOc1ccc([C@@H](N)c2nc(-c3cc([N+](=O)[O-])ccc3O)n[nH]2)cc1OC. The lowest BCUT2D eigenvalue weighted by atomic mass is 10.1. The van der Waals surface area contributed by atoms with Crippen molar-refractivity contribution in [3.05, 3.63) is 57.9 Å². The predicted molar refractivity (Wildman–Crippen MR) is 100 cm³/mol. The van der Waals surface area contributed by atoms with E-state index in [9.17, 15) is 15.2 Å². The Labute approximate surface area is 160 Å². The van der Waals surface area contributed by atoms with Gasteiger partial charge in [-0.1, -0.05) is 6.07 Å². The Bertz CT molecular complexity index is 1000. The third-order valence-corrected chi connectivity index (χ3v) is 4.08. The number of non-ortho nitro benzene ring substituents is 1. The topological polar surface area (TPSA) is 149 Å². The van der Waals surface area contributed by atoms with Gasteiger partial charge in [-0.15, -0.1) is 0 Å². The molecule has 0 aliphatic heterocycles. The first-order valence-corrected chi connectivity index (χ1v) is 8.41. The zero-order valence-corrected chi connectivity index (χ0v) is 15.2. The van der Waals surface area contributed by atoms with Crippen molar-refractivity contribution in [2.45, 2.75) is 13.0 Å². The van der Waals surface area contributed by atoms with E-state index < -0.39 is 11.0 Å². The van der Waals surface area contributed by atoms with E-state index in [0.717, 1.165) is 0 Å². The second-order valence-corrected chi connectivity index (χ2v) is 5.82. The smallest absolute Gasteiger partial charge is 0.270 e. The molecule has 0 aliphatic rings. The molecule has 0 radical (unpaired) electrons. The fraction of sp³-hybridized carbons (Fsp3) is 0.222. The molecule has 0 fully saturated rings. The maximum absolute atomic E-state index is 11.0. The molecule has 1 atom stereocenters. The van der Waals surface area contributed by atoms with Gasteiger partial charge in [-0.05, 0) is 30.7 Å². The highest BCUT2D eigenvalue weighted by atomic mass is 16.6. The molecule has 2 aromatic carbocycles. The fourth-order valence-corrected chi connectivity index (χ4v) is 2.66. The van der Waals surface area contributed by atoms with Crippen LogP contribution < -0.4 is 15.2 Å². The minimum absolute atomic E-state index is 0.101. The van der Waals surface area contributed by atoms with Crippen LogP contribution in [-0.4, -0.2) is 38.9 Å². The maximum Gasteiger partial charge on any atom is 0.270 e. The molecule has 0 spiro atoms. The number of methoxy groups -OCH3 is 1. The summed E-state index contributed by atoms with van der Waals surface area (Å²) < 4.78 is 10.8. The molecule has 3 aromatic rings. The molecule has 146 valence electrons. The van der Waals surface area contributed by atoms with Crippen molar-refractivity contribution in [2.24, 2.45) is 5.73 Å². The Kier molecular flexibility index (Phi) is 5.41. The lowest BCUT2D eigenvalue weighted by molar-refractivity contribution is -0.384. The van der Waals surface area contributed by atoms with Crippen LogP contribution in [0.2, 0.25) is 0 Å². The number of nitro benzene ring substituents is 1. The quantitative estimate of drug-likeness (QED) is 0.415. The van der Waals surface area contributed by atoms with E-state index in [1.165, 1.54) is 25.3 Å². The highest BCUT2D eigenvalue weighted by Crippen LogP contribution is 2.33. The summed E-state index contributed by atoms with van der Waals surface area (Å²) in [5.41, 5.74) is 6.92. The normalized spacial score (nSPS) is 11.8. The van der Waals surface area contributed by atoms with Crippen LogP contribution in [-0.2, 0) is 0 Å². The van der Waals surface area contributed by atoms with E-state index in [1.54, 1.807) is 18.2 Å². The summed E-state index contributed by atoms with van der Waals surface area (Å²) in [6.07, 6.45) is 0. The van der Waals surface area contributed by atoms with Crippen LogP contribution in [0.4, 0.5) is 5.69 Å². The van der Waals surface area contributed by atoms with Gasteiger partial charge in [0.1, 0.15) is 11.6 Å². The van der Waals surface area contributed by atoms with Gasteiger partial charge in [0, 0.05) is 12.1 Å². The number of H-pyrrole nitrogens is 1. The maximum atomic E-state index is 11.0. The molecule has 0 saturated heterocycles. The van der Waals surface area contributed by atoms with Crippen LogP contribution in [0.25, 0.3) is 11.4 Å². The molecule has 28 heavy (non-hydrogen) atoms. The fourth-order valence-electron chi connectivity index (χ4n) is 2.66. The van der Waals surface area contributed by atoms with Crippen molar-refractivity contribution >= 4 is 5.69 Å². The first-order valence-electron chi connectivity index (χ1n) is 8.41. The summed E-state index contributed by atoms with van der Waals surface area (Å²) in [7, 11) is 1.53. The molecular weight excluding hydrogens is 366 g/mol. The highest BCUT2D eigenvalue weighted by Gasteiger charge is 2.20. The second-order valence-electron chi connectivity index (χ2n) is 5.82. The van der Waals surface area contributed by atoms with Gasteiger partial charge in [-0.25, -0.2) is 4.98 Å². The van der Waals surface area contributed by atoms with E-state index in [0.29, 0.717) is 29.5 Å². The molecule has 0 aliphatic carbocycles. The minimum Gasteiger partial charge on any atom is -0.507 e. The van der Waals surface area contributed by atoms with E-state index in [1.807, 2.05) is 6.92 Å². The van der Waals surface area contributed by atoms with Crippen molar-refractivity contribution in [2.75, 3.05) is 13.7 Å². The van der Waals surface area contributed by atoms with Crippen molar-refractivity contribution < 1.29 is 19.5 Å². The number of nitrogens with zero attached hydrogens (tertiary/aromatic N) is 3. The number of hydrogen-bond donors (Lipinski definition) is 3. The average Bonchev–Trinajstić information content (AvgIpc) is 3.18. The third kappa shape index (κ3) is 3.71. The number of ether oxygens (including phenoxy) is 2. The van der Waals surface area contributed by atoms with Gasteiger partial charge < -0.3 is 20.3 Å². The number of nitrogens with two attached hydrogens (primary N) is 1. The Morgan fingerprint density at radius 1 is 1.29 bits per heavy atom. The van der Waals surface area contributed by atoms with E-state index >= 15 is 0 Å². The van der Waals surface area contributed by atoms with Crippen LogP contribution in [0.3, 0.4) is 0 Å². The summed E-state index contributed by atoms with van der Waals surface area (Å²) in [6.45, 7) is 2.37. The molecule has 10 heteroatoms. The van der Waals surface area contributed by atoms with Crippen LogP contribution in [0.15, 0.2) is 36.4 Å². The summed E-state index contributed by atoms with van der Waals surface area (Å²) in [5.74, 6) is 1.38. The number of rotatable bonds is 7. The van der Waals surface area contributed by atoms with Gasteiger partial charge in [0.15, 0.2) is 17.3 Å². The molecule has 4 N–H and O–H groups in total. The number of phenols is 1. The molecular formula is C18H19N5O5. The third-order valence-electron chi connectivity index (χ3n) is 4.08. The summed E-state index contributed by atoms with van der Waals surface area (Å²) >= 11 is 0. The van der Waals surface area contributed by atoms with Gasteiger partial charge >= 0.3 is 0 Å². The van der Waals surface area contributed by atoms with Gasteiger partial charge in [0.25, 0.3) is 5.69 Å². The van der Waals surface area contributed by atoms with Crippen LogP contribution in [0.1, 0.15) is 24.4 Å². The number of phenolic OH excluding ortho intramolecular Hbond substituents is 1. The van der Waals surface area contributed by atoms with Gasteiger partial charge in [-0.3, -0.25) is 15.2 Å². The lowest BCUT2D eigenvalue weighted by Gasteiger charge is -2.13. The average molecular weight is 385 g/mol. The molecule has 0 amide bonds. The summed E-state index contributed by atoms with van der Waals surface area (Å²) in [5, 5.41) is 27.7. The van der Waals surface area contributed by atoms with Gasteiger partial charge in [0.05, 0.1) is 30.2 Å². The monoisotopic (exact) mass is 385 g/mol. The zero-order chi connectivity index (χ0) is 20.3. The standard InChI is InChI=1S/C18H19N5O5/c1-3-28-14-7-4-10(8-15(14)27-2)16(19)18-20-17(21-22-18)12-9-11(23(25)26)5-6-13(12)24/h4-9,16,24H,3,19H2,1-2H3,(H,20,21,22)/t16-/m1/s1. The van der Waals surface area contributed by atoms with Crippen molar-refractivity contribution in [3.63, 3.8) is 0 Å². The number of hydrogen-bond acceptors (Lipinski definition) is 8. The van der Waals surface area contributed by atoms with Crippen molar-refractivity contribution in [1.29, 1.82) is 0 Å². The van der Waals surface area contributed by atoms with E-state index in [-0.39, 0.29) is 22.8 Å². The minimum atomic E-state index is -0.660. The van der Waals surface area contributed by atoms with E-state index in [2.05, 4.69) is 15.2 Å². The van der Waals surface area contributed by atoms with Crippen molar-refractivity contribution in [1.82, 2.24) is 15.2 Å². The number of aromatic nitrogens is 3. The number of aromatic hydroxyl groups is 1.